The number of rotatable bonds is 2. The molecule has 3 nitrogen and oxygen atoms in total. The second-order valence-corrected chi connectivity index (χ2v) is 5.96. The minimum Gasteiger partial charge on any atom is -0.473 e. The van der Waals surface area contributed by atoms with Crippen molar-refractivity contribution in [2.45, 2.75) is 20.5 Å². The van der Waals surface area contributed by atoms with Crippen molar-refractivity contribution in [3.8, 4) is 0 Å². The Balaban J connectivity index is 2.09. The number of nitrogens with zero attached hydrogens (tertiary/aromatic N) is 1. The zero-order valence-corrected chi connectivity index (χ0v) is 12.3. The minimum atomic E-state index is -0.398. The number of benzene rings is 1. The van der Waals surface area contributed by atoms with Gasteiger partial charge >= 0.3 is 0 Å². The molecule has 0 amide bonds. The molecule has 0 N–H and O–H groups in total. The van der Waals surface area contributed by atoms with Crippen molar-refractivity contribution < 1.29 is 14.0 Å². The Morgan fingerprint density at radius 2 is 2.28 bits per heavy atom. The Labute approximate surface area is 118 Å². The van der Waals surface area contributed by atoms with Crippen molar-refractivity contribution >= 4 is 33.4 Å². The van der Waals surface area contributed by atoms with Gasteiger partial charge in [-0.05, 0) is 41.9 Å². The topological polar surface area (TPSA) is 30.8 Å². The summed E-state index contributed by atoms with van der Waals surface area (Å²) in [6.45, 7) is 4.66. The van der Waals surface area contributed by atoms with Crippen LogP contribution in [0.2, 0.25) is 5.02 Å². The molecule has 0 saturated heterocycles. The Kier molecular flexibility index (Phi) is 3.82. The zero-order chi connectivity index (χ0) is 13.3. The van der Waals surface area contributed by atoms with Gasteiger partial charge in [-0.15, -0.1) is 0 Å². The van der Waals surface area contributed by atoms with E-state index in [0.717, 1.165) is 0 Å². The summed E-state index contributed by atoms with van der Waals surface area (Å²) in [5.74, 6) is 0.129. The fourth-order valence-corrected chi connectivity index (χ4v) is 2.08. The standard InChI is InChI=1S/C12H12BrClFNO2/c1-12(2)6-18-16-11(12)17-5-7-3-8(13)10(15)4-9(7)14/h3-4H,5-6H2,1-2H3. The second-order valence-electron chi connectivity index (χ2n) is 4.70. The molecule has 6 heteroatoms. The van der Waals surface area contributed by atoms with Crippen molar-refractivity contribution in [3.63, 3.8) is 0 Å². The molecule has 0 bridgehead atoms. The van der Waals surface area contributed by atoms with Crippen LogP contribution in [0.1, 0.15) is 19.4 Å². The van der Waals surface area contributed by atoms with Crippen LogP contribution in [0, 0.1) is 11.2 Å². The largest absolute Gasteiger partial charge is 0.473 e. The van der Waals surface area contributed by atoms with E-state index in [0.29, 0.717) is 27.6 Å². The SMILES string of the molecule is CC1(C)CON=C1OCc1cc(Br)c(F)cc1Cl. The lowest BCUT2D eigenvalue weighted by molar-refractivity contribution is 0.132. The van der Waals surface area contributed by atoms with Crippen molar-refractivity contribution in [3.05, 3.63) is 33.0 Å². The van der Waals surface area contributed by atoms with Crippen LogP contribution in [-0.2, 0) is 16.2 Å². The molecule has 0 radical (unpaired) electrons. The van der Waals surface area contributed by atoms with Crippen molar-refractivity contribution in [1.29, 1.82) is 0 Å². The summed E-state index contributed by atoms with van der Waals surface area (Å²) in [7, 11) is 0. The van der Waals surface area contributed by atoms with Crippen molar-refractivity contribution in [2.75, 3.05) is 6.61 Å². The van der Waals surface area contributed by atoms with Crippen LogP contribution < -0.4 is 0 Å². The van der Waals surface area contributed by atoms with Gasteiger partial charge in [0, 0.05) is 5.56 Å². The van der Waals surface area contributed by atoms with Crippen molar-refractivity contribution in [1.82, 2.24) is 0 Å². The molecule has 0 saturated carbocycles. The van der Waals surface area contributed by atoms with E-state index >= 15 is 0 Å². The molecule has 1 aromatic rings. The third-order valence-corrected chi connectivity index (χ3v) is 3.57. The summed E-state index contributed by atoms with van der Waals surface area (Å²) in [6.07, 6.45) is 0. The van der Waals surface area contributed by atoms with Crippen LogP contribution in [0.3, 0.4) is 0 Å². The highest BCUT2D eigenvalue weighted by molar-refractivity contribution is 9.10. The lowest BCUT2D eigenvalue weighted by Crippen LogP contribution is -2.25. The molecule has 0 atom stereocenters. The third-order valence-electron chi connectivity index (χ3n) is 2.61. The number of ether oxygens (including phenoxy) is 1. The molecule has 0 unspecified atom stereocenters. The summed E-state index contributed by atoms with van der Waals surface area (Å²) >= 11 is 9.06. The molecule has 2 rings (SSSR count). The van der Waals surface area contributed by atoms with Gasteiger partial charge in [0.25, 0.3) is 0 Å². The molecule has 1 aliphatic heterocycles. The maximum absolute atomic E-state index is 13.2. The van der Waals surface area contributed by atoms with E-state index in [4.69, 9.17) is 21.2 Å². The van der Waals surface area contributed by atoms with Gasteiger partial charge < -0.3 is 9.57 Å². The predicted molar refractivity (Wildman–Crippen MR) is 71.1 cm³/mol. The van der Waals surface area contributed by atoms with Gasteiger partial charge in [0.2, 0.25) is 5.90 Å². The molecule has 0 aromatic heterocycles. The predicted octanol–water partition coefficient (Wildman–Crippen LogP) is 4.13. The minimum absolute atomic E-state index is 0.226. The summed E-state index contributed by atoms with van der Waals surface area (Å²) in [5, 5.41) is 4.17. The summed E-state index contributed by atoms with van der Waals surface area (Å²) in [4.78, 5) is 4.99. The van der Waals surface area contributed by atoms with E-state index in [-0.39, 0.29) is 12.0 Å². The zero-order valence-electron chi connectivity index (χ0n) is 9.97. The average molecular weight is 337 g/mol. The lowest BCUT2D eigenvalue weighted by Gasteiger charge is -2.17. The highest BCUT2D eigenvalue weighted by atomic mass is 79.9. The lowest BCUT2D eigenvalue weighted by atomic mass is 9.95. The van der Waals surface area contributed by atoms with Crippen LogP contribution in [0.5, 0.6) is 0 Å². The van der Waals surface area contributed by atoms with E-state index in [9.17, 15) is 4.39 Å². The highest BCUT2D eigenvalue weighted by Crippen LogP contribution is 2.28. The van der Waals surface area contributed by atoms with Gasteiger partial charge in [-0.1, -0.05) is 16.8 Å². The fraction of sp³-hybridized carbons (Fsp3) is 0.417. The van der Waals surface area contributed by atoms with E-state index in [1.54, 1.807) is 6.07 Å². The first-order chi connectivity index (χ1) is 8.40. The summed E-state index contributed by atoms with van der Waals surface area (Å²) < 4.78 is 19.1. The second kappa shape index (κ2) is 5.05. The maximum Gasteiger partial charge on any atom is 0.235 e. The maximum atomic E-state index is 13.2. The molecule has 18 heavy (non-hydrogen) atoms. The van der Waals surface area contributed by atoms with Crippen LogP contribution in [0.25, 0.3) is 0 Å². The smallest absolute Gasteiger partial charge is 0.235 e. The van der Waals surface area contributed by atoms with Gasteiger partial charge in [0.1, 0.15) is 19.0 Å². The highest BCUT2D eigenvalue weighted by Gasteiger charge is 2.34. The number of oxime groups is 1. The van der Waals surface area contributed by atoms with Crippen molar-refractivity contribution in [2.24, 2.45) is 10.6 Å². The quantitative estimate of drug-likeness (QED) is 0.760. The summed E-state index contributed by atoms with van der Waals surface area (Å²) in [6, 6.07) is 2.85. The average Bonchev–Trinajstić information content (AvgIpc) is 2.61. The first-order valence-corrected chi connectivity index (χ1v) is 6.54. The van der Waals surface area contributed by atoms with E-state index in [1.165, 1.54) is 6.07 Å². The first kappa shape index (κ1) is 13.6. The molecule has 1 heterocycles. The number of hydrogen-bond acceptors (Lipinski definition) is 3. The van der Waals surface area contributed by atoms with Crippen LogP contribution >= 0.6 is 27.5 Å². The molecule has 1 aliphatic rings. The molecular formula is C12H12BrClFNO2. The van der Waals surface area contributed by atoms with Gasteiger partial charge in [0.05, 0.1) is 14.9 Å². The third kappa shape index (κ3) is 2.78. The van der Waals surface area contributed by atoms with E-state index in [2.05, 4.69) is 21.1 Å². The van der Waals surface area contributed by atoms with Crippen LogP contribution in [0.15, 0.2) is 21.8 Å². The van der Waals surface area contributed by atoms with Gasteiger partial charge in [-0.2, -0.15) is 0 Å². The molecule has 0 aliphatic carbocycles. The van der Waals surface area contributed by atoms with Gasteiger partial charge in [-0.3, -0.25) is 0 Å². The first-order valence-electron chi connectivity index (χ1n) is 5.37. The number of halogens is 3. The number of hydrogen-bond donors (Lipinski definition) is 0. The Morgan fingerprint density at radius 3 is 2.89 bits per heavy atom. The Hall–Kier alpha value is -0.810. The van der Waals surface area contributed by atoms with Gasteiger partial charge in [-0.25, -0.2) is 4.39 Å². The normalized spacial score (nSPS) is 17.3. The molecule has 98 valence electrons. The Morgan fingerprint density at radius 1 is 1.56 bits per heavy atom. The van der Waals surface area contributed by atoms with E-state index in [1.807, 2.05) is 13.8 Å². The molecule has 0 fully saturated rings. The van der Waals surface area contributed by atoms with Crippen LogP contribution in [-0.4, -0.2) is 12.5 Å². The Bertz CT molecular complexity index is 505. The molecular weight excluding hydrogens is 324 g/mol. The summed E-state index contributed by atoms with van der Waals surface area (Å²) in [5.41, 5.74) is 0.444. The van der Waals surface area contributed by atoms with E-state index < -0.39 is 5.82 Å². The van der Waals surface area contributed by atoms with Gasteiger partial charge in [0.15, 0.2) is 0 Å². The monoisotopic (exact) mass is 335 g/mol. The molecule has 0 spiro atoms. The molecule has 1 aromatic carbocycles. The fourth-order valence-electron chi connectivity index (χ4n) is 1.48. The van der Waals surface area contributed by atoms with Crippen LogP contribution in [0.4, 0.5) is 4.39 Å².